The number of piperidine rings is 1. The lowest BCUT2D eigenvalue weighted by Crippen LogP contribution is -2.55. The molecule has 0 saturated carbocycles. The maximum atomic E-state index is 13.3. The Kier molecular flexibility index (Phi) is 7.68. The molecule has 1 aromatic carbocycles. The third-order valence-corrected chi connectivity index (χ3v) is 7.50. The van der Waals surface area contributed by atoms with Crippen LogP contribution in [0.5, 0.6) is 0 Å². The van der Waals surface area contributed by atoms with Gasteiger partial charge < -0.3 is 20.3 Å². The van der Waals surface area contributed by atoms with Gasteiger partial charge in [-0.25, -0.2) is 8.42 Å². The Morgan fingerprint density at radius 1 is 1.32 bits per heavy atom. The van der Waals surface area contributed by atoms with Crippen LogP contribution in [0.3, 0.4) is 0 Å². The fourth-order valence-electron chi connectivity index (χ4n) is 4.26. The molecule has 0 bridgehead atoms. The largest absolute Gasteiger partial charge is 0.370 e. The van der Waals surface area contributed by atoms with Crippen molar-refractivity contribution in [1.82, 2.24) is 9.62 Å². The van der Waals surface area contributed by atoms with Crippen LogP contribution in [0.25, 0.3) is 0 Å². The number of carbonyl (C=O) groups is 2. The average molecular weight is 453 g/mol. The smallest absolute Gasteiger partial charge is 0.253 e. The van der Waals surface area contributed by atoms with E-state index in [0.717, 1.165) is 19.3 Å². The maximum absolute atomic E-state index is 13.3. The van der Waals surface area contributed by atoms with Gasteiger partial charge in [-0.1, -0.05) is 13.0 Å². The van der Waals surface area contributed by atoms with Crippen molar-refractivity contribution in [1.29, 1.82) is 0 Å². The van der Waals surface area contributed by atoms with Crippen LogP contribution in [0.4, 0.5) is 5.69 Å². The van der Waals surface area contributed by atoms with Gasteiger partial charge in [-0.05, 0) is 50.3 Å². The highest BCUT2D eigenvalue weighted by atomic mass is 32.2. The summed E-state index contributed by atoms with van der Waals surface area (Å²) in [5.74, 6) is -0.506. The molecule has 31 heavy (non-hydrogen) atoms. The number of hydrogen-bond acceptors (Lipinski definition) is 6. The lowest BCUT2D eigenvalue weighted by Gasteiger charge is -2.36. The second-order valence-electron chi connectivity index (χ2n) is 7.99. The summed E-state index contributed by atoms with van der Waals surface area (Å²) < 4.78 is 34.3. The molecule has 3 rings (SSSR count). The van der Waals surface area contributed by atoms with Crippen LogP contribution >= 0.6 is 0 Å². The highest BCUT2D eigenvalue weighted by Gasteiger charge is 2.33. The first-order chi connectivity index (χ1) is 14.8. The van der Waals surface area contributed by atoms with Crippen molar-refractivity contribution < 1.29 is 22.7 Å². The van der Waals surface area contributed by atoms with E-state index in [0.29, 0.717) is 37.4 Å². The summed E-state index contributed by atoms with van der Waals surface area (Å²) in [7, 11) is -4.04. The molecule has 2 heterocycles. The fraction of sp³-hybridized carbons (Fsp3) is 0.619. The summed E-state index contributed by atoms with van der Waals surface area (Å²) in [6.45, 7) is 5.00. The molecule has 2 saturated heterocycles. The molecule has 0 radical (unpaired) electrons. The number of anilines is 1. The maximum Gasteiger partial charge on any atom is 0.253 e. The molecular formula is C21H32N4O5S. The van der Waals surface area contributed by atoms with Crippen molar-refractivity contribution in [2.75, 3.05) is 37.7 Å². The van der Waals surface area contributed by atoms with Crippen molar-refractivity contribution in [2.45, 2.75) is 56.5 Å². The van der Waals surface area contributed by atoms with Crippen LogP contribution < -0.4 is 15.4 Å². The molecule has 0 unspecified atom stereocenters. The molecule has 0 aliphatic carbocycles. The predicted octanol–water partition coefficient (Wildman–Crippen LogP) is 0.619. The number of morpholine rings is 1. The second-order valence-corrected chi connectivity index (χ2v) is 9.67. The number of ether oxygens (including phenoxy) is 1. The number of benzene rings is 1. The minimum Gasteiger partial charge on any atom is -0.370 e. The Morgan fingerprint density at radius 2 is 2.10 bits per heavy atom. The molecular weight excluding hydrogens is 420 g/mol. The van der Waals surface area contributed by atoms with Crippen molar-refractivity contribution in [3.63, 3.8) is 0 Å². The SMILES string of the molecule is CCc1c(N2CCOCC2=O)cccc1S(=O)(=O)N[C@@H](CN)C(=O)N1CCCC[C@@H]1C. The van der Waals surface area contributed by atoms with Gasteiger partial charge in [0.05, 0.1) is 11.5 Å². The normalized spacial score (nSPS) is 21.3. The third kappa shape index (κ3) is 5.08. The summed E-state index contributed by atoms with van der Waals surface area (Å²) in [5, 5.41) is 0. The molecule has 10 heteroatoms. The van der Waals surface area contributed by atoms with E-state index in [2.05, 4.69) is 4.72 Å². The van der Waals surface area contributed by atoms with Gasteiger partial charge in [-0.2, -0.15) is 4.72 Å². The van der Waals surface area contributed by atoms with Gasteiger partial charge in [0.1, 0.15) is 12.6 Å². The zero-order chi connectivity index (χ0) is 22.6. The lowest BCUT2D eigenvalue weighted by molar-refractivity contribution is -0.136. The van der Waals surface area contributed by atoms with Crippen LogP contribution in [0.2, 0.25) is 0 Å². The zero-order valence-corrected chi connectivity index (χ0v) is 19.0. The van der Waals surface area contributed by atoms with Crippen LogP contribution in [-0.2, 0) is 30.8 Å². The van der Waals surface area contributed by atoms with Gasteiger partial charge in [-0.15, -0.1) is 0 Å². The van der Waals surface area contributed by atoms with E-state index < -0.39 is 16.1 Å². The number of likely N-dealkylation sites (tertiary alicyclic amines) is 1. The molecule has 2 aliphatic rings. The number of hydrogen-bond donors (Lipinski definition) is 2. The molecule has 0 aromatic heterocycles. The molecule has 9 nitrogen and oxygen atoms in total. The second kappa shape index (κ2) is 10.1. The topological polar surface area (TPSA) is 122 Å². The highest BCUT2D eigenvalue weighted by molar-refractivity contribution is 7.89. The molecule has 1 aromatic rings. The Balaban J connectivity index is 1.89. The van der Waals surface area contributed by atoms with E-state index in [1.165, 1.54) is 6.07 Å². The fourth-order valence-corrected chi connectivity index (χ4v) is 5.79. The van der Waals surface area contributed by atoms with Crippen molar-refractivity contribution in [3.8, 4) is 0 Å². The first-order valence-electron chi connectivity index (χ1n) is 10.8. The van der Waals surface area contributed by atoms with Crippen LogP contribution in [0.15, 0.2) is 23.1 Å². The number of rotatable bonds is 7. The van der Waals surface area contributed by atoms with Crippen LogP contribution in [0, 0.1) is 0 Å². The third-order valence-electron chi connectivity index (χ3n) is 5.95. The molecule has 2 aliphatic heterocycles. The minimum absolute atomic E-state index is 0.0316. The van der Waals surface area contributed by atoms with E-state index in [-0.39, 0.29) is 35.9 Å². The molecule has 2 amide bonds. The van der Waals surface area contributed by atoms with Crippen LogP contribution in [0.1, 0.15) is 38.7 Å². The summed E-state index contributed by atoms with van der Waals surface area (Å²) in [6, 6.07) is 3.86. The van der Waals surface area contributed by atoms with E-state index in [4.69, 9.17) is 10.5 Å². The lowest BCUT2D eigenvalue weighted by atomic mass is 10.0. The average Bonchev–Trinajstić information content (AvgIpc) is 2.77. The standard InChI is InChI=1S/C21H32N4O5S/c1-3-16-18(25-11-12-30-14-20(25)26)8-6-9-19(16)31(28,29)23-17(13-22)21(27)24-10-5-4-7-15(24)2/h6,8-9,15,17,23H,3-5,7,10-14,22H2,1-2H3/t15-,17-/m0/s1. The Bertz CT molecular complexity index is 920. The van der Waals surface area contributed by atoms with E-state index in [9.17, 15) is 18.0 Å². The number of carbonyl (C=O) groups excluding carboxylic acids is 2. The van der Waals surface area contributed by atoms with Gasteiger partial charge in [0, 0.05) is 31.4 Å². The van der Waals surface area contributed by atoms with Gasteiger partial charge in [-0.3, -0.25) is 9.59 Å². The molecule has 172 valence electrons. The van der Waals surface area contributed by atoms with Gasteiger partial charge in [0.25, 0.3) is 5.91 Å². The monoisotopic (exact) mass is 452 g/mol. The molecule has 3 N–H and O–H groups in total. The van der Waals surface area contributed by atoms with E-state index in [1.54, 1.807) is 21.9 Å². The number of amides is 2. The van der Waals surface area contributed by atoms with Gasteiger partial charge >= 0.3 is 0 Å². The Hall–Kier alpha value is -2.01. The molecule has 0 spiro atoms. The predicted molar refractivity (Wildman–Crippen MR) is 117 cm³/mol. The summed E-state index contributed by atoms with van der Waals surface area (Å²) in [6.07, 6.45) is 3.25. The van der Waals surface area contributed by atoms with Crippen molar-refractivity contribution in [2.24, 2.45) is 5.73 Å². The van der Waals surface area contributed by atoms with E-state index >= 15 is 0 Å². The minimum atomic E-state index is -4.04. The van der Waals surface area contributed by atoms with Crippen molar-refractivity contribution in [3.05, 3.63) is 23.8 Å². The van der Waals surface area contributed by atoms with Crippen molar-refractivity contribution >= 4 is 27.5 Å². The summed E-state index contributed by atoms with van der Waals surface area (Å²) in [4.78, 5) is 28.7. The number of sulfonamides is 1. The summed E-state index contributed by atoms with van der Waals surface area (Å²) >= 11 is 0. The first kappa shape index (κ1) is 23.6. The summed E-state index contributed by atoms with van der Waals surface area (Å²) in [5.41, 5.74) is 6.89. The van der Waals surface area contributed by atoms with Gasteiger partial charge in [0.15, 0.2) is 0 Å². The van der Waals surface area contributed by atoms with E-state index in [1.807, 2.05) is 13.8 Å². The quantitative estimate of drug-likeness (QED) is 0.625. The Morgan fingerprint density at radius 3 is 2.74 bits per heavy atom. The zero-order valence-electron chi connectivity index (χ0n) is 18.2. The molecule has 2 atom stereocenters. The van der Waals surface area contributed by atoms with Crippen LogP contribution in [-0.4, -0.2) is 70.1 Å². The first-order valence-corrected chi connectivity index (χ1v) is 12.3. The number of nitrogens with two attached hydrogens (primary N) is 1. The molecule has 2 fully saturated rings. The number of nitrogens with zero attached hydrogens (tertiary/aromatic N) is 2. The Labute approximate surface area is 184 Å². The highest BCUT2D eigenvalue weighted by Crippen LogP contribution is 2.29. The van der Waals surface area contributed by atoms with Gasteiger partial charge in [0.2, 0.25) is 15.9 Å². The number of nitrogens with one attached hydrogen (secondary N) is 1.